The van der Waals surface area contributed by atoms with E-state index in [1.807, 2.05) is 0 Å². The number of carboxylic acids is 1. The van der Waals surface area contributed by atoms with Crippen LogP contribution in [0.25, 0.3) is 0 Å². The number of hydrogen-bond donors (Lipinski definition) is 2. The highest BCUT2D eigenvalue weighted by Gasteiger charge is 2.32. The van der Waals surface area contributed by atoms with Crippen LogP contribution in [0, 0.1) is 16.0 Å². The number of nitrogens with one attached hydrogen (secondary N) is 1. The first-order valence-corrected chi connectivity index (χ1v) is 6.24. The molecule has 0 saturated heterocycles. The summed E-state index contributed by atoms with van der Waals surface area (Å²) < 4.78 is 0. The molecule has 1 aromatic rings. The first kappa shape index (κ1) is 14.0. The minimum Gasteiger partial charge on any atom is -0.480 e. The molecule has 2 rings (SSSR count). The van der Waals surface area contributed by atoms with E-state index in [9.17, 15) is 19.7 Å². The molecule has 106 valence electrons. The van der Waals surface area contributed by atoms with Gasteiger partial charge in [-0.25, -0.2) is 4.79 Å². The number of hydrogen-bond acceptors (Lipinski definition) is 4. The predicted octanol–water partition coefficient (Wildman–Crippen LogP) is 1.12. The average Bonchev–Trinajstić information content (AvgIpc) is 3.22. The molecule has 7 nitrogen and oxygen atoms in total. The molecule has 1 amide bonds. The Bertz CT molecular complexity index is 536. The lowest BCUT2D eigenvalue weighted by Gasteiger charge is -2.14. The van der Waals surface area contributed by atoms with Crippen molar-refractivity contribution >= 4 is 17.6 Å². The number of nitro groups is 1. The highest BCUT2D eigenvalue weighted by molar-refractivity contribution is 5.86. The molecule has 0 bridgehead atoms. The maximum atomic E-state index is 11.6. The molecule has 7 heteroatoms. The molecule has 1 saturated carbocycles. The molecule has 1 aromatic carbocycles. The third-order valence-electron chi connectivity index (χ3n) is 3.15. The zero-order valence-electron chi connectivity index (χ0n) is 10.6. The van der Waals surface area contributed by atoms with Gasteiger partial charge in [0.05, 0.1) is 4.92 Å². The van der Waals surface area contributed by atoms with Crippen LogP contribution < -0.4 is 5.32 Å². The third kappa shape index (κ3) is 3.53. The molecule has 0 aromatic heterocycles. The molecule has 0 radical (unpaired) electrons. The van der Waals surface area contributed by atoms with E-state index in [2.05, 4.69) is 5.32 Å². The van der Waals surface area contributed by atoms with E-state index in [1.54, 1.807) is 0 Å². The summed E-state index contributed by atoms with van der Waals surface area (Å²) in [5.74, 6) is -1.41. The molecular formula is C13H14N2O5. The summed E-state index contributed by atoms with van der Waals surface area (Å²) in [6, 6.07) is 4.62. The summed E-state index contributed by atoms with van der Waals surface area (Å²) >= 11 is 0. The zero-order chi connectivity index (χ0) is 14.7. The Morgan fingerprint density at radius 1 is 1.35 bits per heavy atom. The summed E-state index contributed by atoms with van der Waals surface area (Å²) in [5.41, 5.74) is 0.571. The van der Waals surface area contributed by atoms with Crippen LogP contribution in [0.5, 0.6) is 0 Å². The van der Waals surface area contributed by atoms with Gasteiger partial charge in [0.1, 0.15) is 6.04 Å². The second-order valence-electron chi connectivity index (χ2n) is 4.80. The Morgan fingerprint density at radius 3 is 2.40 bits per heavy atom. The maximum Gasteiger partial charge on any atom is 0.326 e. The quantitative estimate of drug-likeness (QED) is 0.598. The molecule has 0 spiro atoms. The second-order valence-corrected chi connectivity index (χ2v) is 4.80. The molecule has 0 heterocycles. The topological polar surface area (TPSA) is 110 Å². The fraction of sp³-hybridized carbons (Fsp3) is 0.385. The van der Waals surface area contributed by atoms with Crippen molar-refractivity contribution in [2.24, 2.45) is 5.92 Å². The van der Waals surface area contributed by atoms with E-state index in [-0.39, 0.29) is 23.9 Å². The monoisotopic (exact) mass is 278 g/mol. The minimum atomic E-state index is -1.11. The van der Waals surface area contributed by atoms with Gasteiger partial charge in [-0.05, 0) is 18.4 Å². The van der Waals surface area contributed by atoms with Crippen molar-refractivity contribution in [3.63, 3.8) is 0 Å². The largest absolute Gasteiger partial charge is 0.480 e. The van der Waals surface area contributed by atoms with Crippen LogP contribution in [0.15, 0.2) is 24.3 Å². The molecule has 0 aliphatic heterocycles. The summed E-state index contributed by atoms with van der Waals surface area (Å²) in [7, 11) is 0. The van der Waals surface area contributed by atoms with Gasteiger partial charge in [-0.1, -0.05) is 12.1 Å². The van der Waals surface area contributed by atoms with E-state index >= 15 is 0 Å². The van der Waals surface area contributed by atoms with Gasteiger partial charge in [-0.3, -0.25) is 14.9 Å². The lowest BCUT2D eigenvalue weighted by atomic mass is 10.1. The standard InChI is InChI=1S/C13H14N2O5/c16-12(9-3-4-9)14-11(13(17)18)7-8-1-5-10(6-2-8)15(19)20/h1-2,5-6,9,11H,3-4,7H2,(H,14,16)(H,17,18)/t11-/m1/s1. The number of nitrogens with zero attached hydrogens (tertiary/aromatic N) is 1. The molecule has 1 aliphatic rings. The minimum absolute atomic E-state index is 0.0531. The van der Waals surface area contributed by atoms with Gasteiger partial charge in [0.25, 0.3) is 5.69 Å². The maximum absolute atomic E-state index is 11.6. The second kappa shape index (κ2) is 5.68. The number of carboxylic acid groups (broad SMARTS) is 1. The number of amides is 1. The molecule has 1 aliphatic carbocycles. The van der Waals surface area contributed by atoms with Crippen LogP contribution >= 0.6 is 0 Å². The molecule has 20 heavy (non-hydrogen) atoms. The number of nitro benzene ring substituents is 1. The van der Waals surface area contributed by atoms with Crippen LogP contribution in [0.4, 0.5) is 5.69 Å². The zero-order valence-corrected chi connectivity index (χ0v) is 10.6. The van der Waals surface area contributed by atoms with Crippen molar-refractivity contribution < 1.29 is 19.6 Å². The Kier molecular flexibility index (Phi) is 3.97. The highest BCUT2D eigenvalue weighted by Crippen LogP contribution is 2.29. The van der Waals surface area contributed by atoms with Gasteiger partial charge < -0.3 is 10.4 Å². The fourth-order valence-electron chi connectivity index (χ4n) is 1.82. The van der Waals surface area contributed by atoms with Crippen molar-refractivity contribution in [1.29, 1.82) is 0 Å². The lowest BCUT2D eigenvalue weighted by Crippen LogP contribution is -2.43. The first-order chi connectivity index (χ1) is 9.47. The van der Waals surface area contributed by atoms with Gasteiger partial charge in [0, 0.05) is 24.5 Å². The number of rotatable bonds is 6. The number of aliphatic carboxylic acids is 1. The van der Waals surface area contributed by atoms with Crippen LogP contribution in [0.3, 0.4) is 0 Å². The lowest BCUT2D eigenvalue weighted by molar-refractivity contribution is -0.384. The van der Waals surface area contributed by atoms with Crippen molar-refractivity contribution in [2.75, 3.05) is 0 Å². The van der Waals surface area contributed by atoms with Crippen LogP contribution in [0.2, 0.25) is 0 Å². The fourth-order valence-corrected chi connectivity index (χ4v) is 1.82. The van der Waals surface area contributed by atoms with E-state index < -0.39 is 16.9 Å². The Hall–Kier alpha value is -2.44. The van der Waals surface area contributed by atoms with Gasteiger partial charge >= 0.3 is 5.97 Å². The van der Waals surface area contributed by atoms with Gasteiger partial charge in [-0.15, -0.1) is 0 Å². The number of carbonyl (C=O) groups is 2. The molecular weight excluding hydrogens is 264 g/mol. The molecule has 1 fully saturated rings. The SMILES string of the molecule is O=C(N[C@H](Cc1ccc([N+](=O)[O-])cc1)C(=O)O)C1CC1. The van der Waals surface area contributed by atoms with Crippen LogP contribution in [0.1, 0.15) is 18.4 Å². The number of carbonyl (C=O) groups excluding carboxylic acids is 1. The number of benzene rings is 1. The van der Waals surface area contributed by atoms with Crippen molar-refractivity contribution in [3.8, 4) is 0 Å². The summed E-state index contributed by atoms with van der Waals surface area (Å²) in [6.07, 6.45) is 1.71. The highest BCUT2D eigenvalue weighted by atomic mass is 16.6. The molecule has 2 N–H and O–H groups in total. The molecule has 1 atom stereocenters. The predicted molar refractivity (Wildman–Crippen MR) is 69.1 cm³/mol. The first-order valence-electron chi connectivity index (χ1n) is 6.24. The summed E-state index contributed by atoms with van der Waals surface area (Å²) in [6.45, 7) is 0. The molecule has 0 unspecified atom stereocenters. The summed E-state index contributed by atoms with van der Waals surface area (Å²) in [5, 5.41) is 22.1. The normalized spacial score (nSPS) is 15.4. The van der Waals surface area contributed by atoms with Crippen LogP contribution in [-0.2, 0) is 16.0 Å². The van der Waals surface area contributed by atoms with Crippen LogP contribution in [-0.4, -0.2) is 27.9 Å². The van der Waals surface area contributed by atoms with Gasteiger partial charge in [0.2, 0.25) is 5.91 Å². The average molecular weight is 278 g/mol. The third-order valence-corrected chi connectivity index (χ3v) is 3.15. The van der Waals surface area contributed by atoms with Crippen molar-refractivity contribution in [2.45, 2.75) is 25.3 Å². The van der Waals surface area contributed by atoms with Gasteiger partial charge in [0.15, 0.2) is 0 Å². The Labute approximate surface area is 114 Å². The van der Waals surface area contributed by atoms with E-state index in [4.69, 9.17) is 5.11 Å². The Morgan fingerprint density at radius 2 is 1.95 bits per heavy atom. The number of non-ortho nitro benzene ring substituents is 1. The smallest absolute Gasteiger partial charge is 0.326 e. The van der Waals surface area contributed by atoms with E-state index in [0.29, 0.717) is 5.56 Å². The Balaban J connectivity index is 2.01. The van der Waals surface area contributed by atoms with Crippen molar-refractivity contribution in [3.05, 3.63) is 39.9 Å². The van der Waals surface area contributed by atoms with Gasteiger partial charge in [-0.2, -0.15) is 0 Å². The summed E-state index contributed by atoms with van der Waals surface area (Å²) in [4.78, 5) is 32.7. The van der Waals surface area contributed by atoms with E-state index in [1.165, 1.54) is 24.3 Å². The van der Waals surface area contributed by atoms with Crippen molar-refractivity contribution in [1.82, 2.24) is 5.32 Å². The van der Waals surface area contributed by atoms with E-state index in [0.717, 1.165) is 12.8 Å².